The van der Waals surface area contributed by atoms with E-state index in [0.717, 1.165) is 6.42 Å². The van der Waals surface area contributed by atoms with Crippen LogP contribution in [0.15, 0.2) is 48.5 Å². The maximum atomic E-state index is 9.04. The summed E-state index contributed by atoms with van der Waals surface area (Å²) in [5.41, 5.74) is 3.58. The summed E-state index contributed by atoms with van der Waals surface area (Å²) in [7, 11) is 0. The summed E-state index contributed by atoms with van der Waals surface area (Å²) in [4.78, 5) is 0. The van der Waals surface area contributed by atoms with E-state index in [4.69, 9.17) is 10.5 Å². The van der Waals surface area contributed by atoms with Gasteiger partial charge < -0.3 is 0 Å². The van der Waals surface area contributed by atoms with E-state index in [-0.39, 0.29) is 10.8 Å². The molecule has 0 aliphatic rings. The Hall–Kier alpha value is -2.58. The number of nitrogens with zero attached hydrogens (tertiary/aromatic N) is 2. The molecule has 0 amide bonds. The number of rotatable bonds is 3. The van der Waals surface area contributed by atoms with Crippen LogP contribution in [0.1, 0.15) is 56.4 Å². The fourth-order valence-electron chi connectivity index (χ4n) is 3.63. The zero-order chi connectivity index (χ0) is 17.1. The van der Waals surface area contributed by atoms with Gasteiger partial charge in [0.1, 0.15) is 0 Å². The van der Waals surface area contributed by atoms with Crippen LogP contribution in [0, 0.1) is 28.1 Å². The topological polar surface area (TPSA) is 47.6 Å². The summed E-state index contributed by atoms with van der Waals surface area (Å²) < 4.78 is 0. The Balaban J connectivity index is 2.69. The largest absolute Gasteiger partial charge is 0.192 e. The third kappa shape index (κ3) is 2.86. The van der Waals surface area contributed by atoms with Gasteiger partial charge in [0.2, 0.25) is 0 Å². The smallest absolute Gasteiger partial charge is 0.0991 e. The number of benzene rings is 2. The molecule has 116 valence electrons. The standard InChI is InChI=1S/C21H22N2/c1-5-21(20(2,3)4,18-10-6-16(14-22)7-11-18)19-12-8-17(15-23)9-13-19/h6-13H,5H2,1-4H3. The molecule has 2 aromatic rings. The molecule has 2 heteroatoms. The molecule has 0 bridgehead atoms. The third-order valence-electron chi connectivity index (χ3n) is 4.82. The third-order valence-corrected chi connectivity index (χ3v) is 4.82. The second kappa shape index (κ2) is 6.27. The number of nitriles is 2. The van der Waals surface area contributed by atoms with Crippen LogP contribution in [0.25, 0.3) is 0 Å². The van der Waals surface area contributed by atoms with Crippen LogP contribution in [0.4, 0.5) is 0 Å². The molecule has 2 nitrogen and oxygen atoms in total. The van der Waals surface area contributed by atoms with E-state index in [1.807, 2.05) is 24.3 Å². The van der Waals surface area contributed by atoms with Crippen molar-refractivity contribution in [3.05, 3.63) is 70.8 Å². The molecule has 2 aromatic carbocycles. The lowest BCUT2D eigenvalue weighted by atomic mass is 9.57. The quantitative estimate of drug-likeness (QED) is 0.785. The minimum atomic E-state index is -0.172. The van der Waals surface area contributed by atoms with E-state index >= 15 is 0 Å². The van der Waals surface area contributed by atoms with Crippen molar-refractivity contribution in [2.24, 2.45) is 5.41 Å². The van der Waals surface area contributed by atoms with E-state index in [2.05, 4.69) is 64.1 Å². The Morgan fingerprint density at radius 1 is 0.739 bits per heavy atom. The monoisotopic (exact) mass is 302 g/mol. The highest BCUT2D eigenvalue weighted by molar-refractivity contribution is 5.46. The van der Waals surface area contributed by atoms with Gasteiger partial charge in [-0.3, -0.25) is 0 Å². The molecule has 0 spiro atoms. The predicted molar refractivity (Wildman–Crippen MR) is 92.8 cm³/mol. The van der Waals surface area contributed by atoms with Gasteiger partial charge in [0.25, 0.3) is 0 Å². The Kier molecular flexibility index (Phi) is 4.57. The second-order valence-corrected chi connectivity index (χ2v) is 6.89. The van der Waals surface area contributed by atoms with E-state index < -0.39 is 0 Å². The van der Waals surface area contributed by atoms with Gasteiger partial charge in [0.15, 0.2) is 0 Å². The average Bonchev–Trinajstić information content (AvgIpc) is 2.56. The van der Waals surface area contributed by atoms with Crippen molar-refractivity contribution in [1.82, 2.24) is 0 Å². The first-order chi connectivity index (χ1) is 10.9. The fourth-order valence-corrected chi connectivity index (χ4v) is 3.63. The Labute approximate surface area is 139 Å². The van der Waals surface area contributed by atoms with Gasteiger partial charge in [0, 0.05) is 5.41 Å². The van der Waals surface area contributed by atoms with Crippen LogP contribution in [-0.2, 0) is 5.41 Å². The molecule has 0 radical (unpaired) electrons. The van der Waals surface area contributed by atoms with Gasteiger partial charge >= 0.3 is 0 Å². The molecule has 0 N–H and O–H groups in total. The van der Waals surface area contributed by atoms with Crippen molar-refractivity contribution in [1.29, 1.82) is 10.5 Å². The Morgan fingerprint density at radius 2 is 1.09 bits per heavy atom. The van der Waals surface area contributed by atoms with Crippen molar-refractivity contribution in [2.45, 2.75) is 39.5 Å². The molecule has 23 heavy (non-hydrogen) atoms. The van der Waals surface area contributed by atoms with E-state index in [0.29, 0.717) is 11.1 Å². The Bertz CT molecular complexity index is 690. The van der Waals surface area contributed by atoms with E-state index in [1.165, 1.54) is 11.1 Å². The van der Waals surface area contributed by atoms with Gasteiger partial charge in [-0.15, -0.1) is 0 Å². The SMILES string of the molecule is CCC(c1ccc(C#N)cc1)(c1ccc(C#N)cc1)C(C)(C)C. The molecule has 0 fully saturated rings. The lowest BCUT2D eigenvalue weighted by molar-refractivity contribution is 0.220. The highest BCUT2D eigenvalue weighted by Crippen LogP contribution is 2.49. The minimum absolute atomic E-state index is 0.00985. The van der Waals surface area contributed by atoms with Crippen molar-refractivity contribution in [3.8, 4) is 12.1 Å². The molecule has 0 aliphatic heterocycles. The summed E-state index contributed by atoms with van der Waals surface area (Å²) in [6.07, 6.45) is 0.939. The average molecular weight is 302 g/mol. The molecule has 0 aliphatic carbocycles. The first-order valence-electron chi connectivity index (χ1n) is 7.90. The minimum Gasteiger partial charge on any atom is -0.192 e. The summed E-state index contributed by atoms with van der Waals surface area (Å²) in [6.45, 7) is 8.92. The number of hydrogen-bond donors (Lipinski definition) is 0. The van der Waals surface area contributed by atoms with Crippen molar-refractivity contribution in [3.63, 3.8) is 0 Å². The van der Waals surface area contributed by atoms with Crippen LogP contribution in [0.5, 0.6) is 0 Å². The summed E-state index contributed by atoms with van der Waals surface area (Å²) in [5.74, 6) is 0. The lowest BCUT2D eigenvalue weighted by Crippen LogP contribution is -2.40. The van der Waals surface area contributed by atoms with Crippen molar-refractivity contribution >= 4 is 0 Å². The molecule has 2 rings (SSSR count). The van der Waals surface area contributed by atoms with Gasteiger partial charge in [-0.05, 0) is 47.2 Å². The van der Waals surface area contributed by atoms with E-state index in [9.17, 15) is 0 Å². The maximum absolute atomic E-state index is 9.04. The van der Waals surface area contributed by atoms with E-state index in [1.54, 1.807) is 0 Å². The highest BCUT2D eigenvalue weighted by atomic mass is 14.5. The molecule has 0 unspecified atom stereocenters. The molecule has 0 saturated carbocycles. The molecular formula is C21H22N2. The van der Waals surface area contributed by atoms with Crippen molar-refractivity contribution in [2.75, 3.05) is 0 Å². The Morgan fingerprint density at radius 3 is 1.30 bits per heavy atom. The molecular weight excluding hydrogens is 280 g/mol. The molecule has 0 atom stereocenters. The predicted octanol–water partition coefficient (Wildman–Crippen LogP) is 5.17. The van der Waals surface area contributed by atoms with Crippen LogP contribution in [-0.4, -0.2) is 0 Å². The van der Waals surface area contributed by atoms with Crippen LogP contribution >= 0.6 is 0 Å². The molecule has 0 aromatic heterocycles. The first-order valence-corrected chi connectivity index (χ1v) is 7.90. The summed E-state index contributed by atoms with van der Waals surface area (Å²) in [6, 6.07) is 20.1. The summed E-state index contributed by atoms with van der Waals surface area (Å²) >= 11 is 0. The van der Waals surface area contributed by atoms with Crippen LogP contribution in [0.2, 0.25) is 0 Å². The lowest BCUT2D eigenvalue weighted by Gasteiger charge is -2.46. The van der Waals surface area contributed by atoms with Gasteiger partial charge in [0.05, 0.1) is 23.3 Å². The molecule has 0 heterocycles. The van der Waals surface area contributed by atoms with Crippen molar-refractivity contribution < 1.29 is 0 Å². The fraction of sp³-hybridized carbons (Fsp3) is 0.333. The summed E-state index contributed by atoms with van der Waals surface area (Å²) in [5, 5.41) is 18.1. The maximum Gasteiger partial charge on any atom is 0.0991 e. The zero-order valence-corrected chi connectivity index (χ0v) is 14.2. The van der Waals surface area contributed by atoms with Gasteiger partial charge in [-0.2, -0.15) is 10.5 Å². The zero-order valence-electron chi connectivity index (χ0n) is 14.2. The van der Waals surface area contributed by atoms with Gasteiger partial charge in [-0.25, -0.2) is 0 Å². The van der Waals surface area contributed by atoms with Crippen LogP contribution < -0.4 is 0 Å². The molecule has 0 saturated heterocycles. The first kappa shape index (κ1) is 16.8. The number of hydrogen-bond acceptors (Lipinski definition) is 2. The normalized spacial score (nSPS) is 11.6. The van der Waals surface area contributed by atoms with Crippen LogP contribution in [0.3, 0.4) is 0 Å². The second-order valence-electron chi connectivity index (χ2n) is 6.89. The van der Waals surface area contributed by atoms with Gasteiger partial charge in [-0.1, -0.05) is 52.0 Å². The highest BCUT2D eigenvalue weighted by Gasteiger charge is 2.43.